The molecule has 0 unspecified atom stereocenters. The monoisotopic (exact) mass is 428 g/mol. The van der Waals surface area contributed by atoms with Crippen molar-refractivity contribution >= 4 is 29.5 Å². The number of nitrogens with one attached hydrogen (secondary N) is 1. The van der Waals surface area contributed by atoms with Gasteiger partial charge in [-0.3, -0.25) is 4.79 Å². The van der Waals surface area contributed by atoms with Gasteiger partial charge in [-0.2, -0.15) is 9.67 Å². The summed E-state index contributed by atoms with van der Waals surface area (Å²) in [4.78, 5) is 17.5. The van der Waals surface area contributed by atoms with E-state index in [1.165, 1.54) is 10.8 Å². The van der Waals surface area contributed by atoms with Crippen molar-refractivity contribution in [3.63, 3.8) is 0 Å². The second-order valence-electron chi connectivity index (χ2n) is 7.10. The summed E-state index contributed by atoms with van der Waals surface area (Å²) in [5, 5.41) is 8.35. The average Bonchev–Trinajstić information content (AvgIpc) is 3.23. The zero-order chi connectivity index (χ0) is 21.6. The van der Waals surface area contributed by atoms with E-state index in [0.717, 1.165) is 22.3 Å². The normalized spacial score (nSPS) is 11.0. The van der Waals surface area contributed by atoms with Crippen LogP contribution in [0.3, 0.4) is 0 Å². The van der Waals surface area contributed by atoms with Crippen molar-refractivity contribution in [2.45, 2.75) is 13.5 Å². The average molecular weight is 429 g/mol. The van der Waals surface area contributed by atoms with Gasteiger partial charge in [0.25, 0.3) is 5.91 Å². The Morgan fingerprint density at radius 2 is 1.71 bits per heavy atom. The Morgan fingerprint density at radius 1 is 1.00 bits per heavy atom. The van der Waals surface area contributed by atoms with Crippen molar-refractivity contribution in [3.8, 4) is 11.4 Å². The number of rotatable bonds is 6. The number of anilines is 1. The molecule has 0 bridgehead atoms. The fourth-order valence-electron chi connectivity index (χ4n) is 2.99. The minimum absolute atomic E-state index is 0.295. The summed E-state index contributed by atoms with van der Waals surface area (Å²) < 4.78 is 1.30. The summed E-state index contributed by atoms with van der Waals surface area (Å²) in [7, 11) is 0. The van der Waals surface area contributed by atoms with Gasteiger partial charge < -0.3 is 5.32 Å². The molecule has 0 aliphatic rings. The van der Waals surface area contributed by atoms with Gasteiger partial charge in [0, 0.05) is 23.2 Å². The van der Waals surface area contributed by atoms with E-state index in [1.807, 2.05) is 73.7 Å². The van der Waals surface area contributed by atoms with Crippen LogP contribution in [0.4, 0.5) is 5.95 Å². The number of carbonyl (C=O) groups is 1. The predicted molar refractivity (Wildman–Crippen MR) is 125 cm³/mol. The van der Waals surface area contributed by atoms with Crippen LogP contribution in [0.5, 0.6) is 0 Å². The van der Waals surface area contributed by atoms with Gasteiger partial charge in [0.05, 0.1) is 0 Å². The standard InChI is InChI=1S/C25H21ClN4O/c1-18-7-12-21(13-8-18)24-28-25(27-17-20-5-3-2-4-6-20)30(29-24)23(31)16-11-19-9-14-22(26)15-10-19/h2-16H,17H2,1H3,(H,27,28,29). The molecule has 0 atom stereocenters. The van der Waals surface area contributed by atoms with Gasteiger partial charge in [0.2, 0.25) is 5.95 Å². The van der Waals surface area contributed by atoms with Crippen LogP contribution in [0, 0.1) is 6.92 Å². The van der Waals surface area contributed by atoms with Crippen LogP contribution in [0.25, 0.3) is 17.5 Å². The molecular weight excluding hydrogens is 408 g/mol. The minimum atomic E-state index is -0.295. The fourth-order valence-corrected chi connectivity index (χ4v) is 3.12. The molecule has 0 amide bonds. The zero-order valence-corrected chi connectivity index (χ0v) is 17.8. The van der Waals surface area contributed by atoms with Crippen molar-refractivity contribution in [2.24, 2.45) is 0 Å². The highest BCUT2D eigenvalue weighted by atomic mass is 35.5. The first kappa shape index (κ1) is 20.6. The Balaban J connectivity index is 1.62. The molecule has 154 valence electrons. The Labute approximate surface area is 186 Å². The molecule has 4 rings (SSSR count). The summed E-state index contributed by atoms with van der Waals surface area (Å²) in [5.41, 5.74) is 3.95. The van der Waals surface area contributed by atoms with Gasteiger partial charge in [-0.25, -0.2) is 0 Å². The Kier molecular flexibility index (Phi) is 6.24. The van der Waals surface area contributed by atoms with Crippen molar-refractivity contribution in [3.05, 3.63) is 107 Å². The van der Waals surface area contributed by atoms with E-state index in [-0.39, 0.29) is 5.91 Å². The largest absolute Gasteiger partial charge is 0.350 e. The Bertz CT molecular complexity index is 1200. The second kappa shape index (κ2) is 9.41. The highest BCUT2D eigenvalue weighted by molar-refractivity contribution is 6.30. The summed E-state index contributed by atoms with van der Waals surface area (Å²) in [6, 6.07) is 25.1. The summed E-state index contributed by atoms with van der Waals surface area (Å²) in [6.45, 7) is 2.55. The van der Waals surface area contributed by atoms with E-state index in [4.69, 9.17) is 11.6 Å². The number of aromatic nitrogens is 3. The summed E-state index contributed by atoms with van der Waals surface area (Å²) in [5.74, 6) is 0.588. The smallest absolute Gasteiger partial charge is 0.274 e. The molecule has 1 heterocycles. The maximum atomic E-state index is 12.9. The first-order valence-electron chi connectivity index (χ1n) is 9.88. The van der Waals surface area contributed by atoms with Crippen molar-refractivity contribution in [1.29, 1.82) is 0 Å². The van der Waals surface area contributed by atoms with E-state index < -0.39 is 0 Å². The lowest BCUT2D eigenvalue weighted by atomic mass is 10.1. The maximum Gasteiger partial charge on any atom is 0.274 e. The van der Waals surface area contributed by atoms with E-state index in [9.17, 15) is 4.79 Å². The molecule has 0 fully saturated rings. The van der Waals surface area contributed by atoms with Gasteiger partial charge in [-0.15, -0.1) is 5.10 Å². The number of halogens is 1. The molecule has 1 aromatic heterocycles. The number of aryl methyl sites for hydroxylation is 1. The second-order valence-corrected chi connectivity index (χ2v) is 7.54. The first-order chi connectivity index (χ1) is 15.1. The molecule has 3 aromatic carbocycles. The quantitative estimate of drug-likeness (QED) is 0.390. The first-order valence-corrected chi connectivity index (χ1v) is 10.3. The van der Waals surface area contributed by atoms with E-state index in [2.05, 4.69) is 15.4 Å². The molecule has 0 aliphatic carbocycles. The van der Waals surface area contributed by atoms with Crippen LogP contribution in [0.1, 0.15) is 21.5 Å². The minimum Gasteiger partial charge on any atom is -0.350 e. The molecule has 0 radical (unpaired) electrons. The van der Waals surface area contributed by atoms with Gasteiger partial charge in [0.1, 0.15) is 0 Å². The predicted octanol–water partition coefficient (Wildman–Crippen LogP) is 5.87. The molecule has 1 N–H and O–H groups in total. The van der Waals surface area contributed by atoms with Crippen LogP contribution >= 0.6 is 11.6 Å². The molecule has 0 spiro atoms. The Morgan fingerprint density at radius 3 is 2.42 bits per heavy atom. The fraction of sp³-hybridized carbons (Fsp3) is 0.0800. The van der Waals surface area contributed by atoms with Crippen molar-refractivity contribution < 1.29 is 4.79 Å². The number of hydrogen-bond donors (Lipinski definition) is 1. The lowest BCUT2D eigenvalue weighted by molar-refractivity contribution is 0.0957. The molecule has 5 nitrogen and oxygen atoms in total. The molecular formula is C25H21ClN4O. The topological polar surface area (TPSA) is 59.8 Å². The highest BCUT2D eigenvalue weighted by Gasteiger charge is 2.15. The number of allylic oxidation sites excluding steroid dienone is 1. The Hall–Kier alpha value is -3.70. The summed E-state index contributed by atoms with van der Waals surface area (Å²) in [6.07, 6.45) is 3.21. The van der Waals surface area contributed by atoms with Gasteiger partial charge in [-0.1, -0.05) is 83.9 Å². The number of hydrogen-bond acceptors (Lipinski definition) is 4. The molecule has 31 heavy (non-hydrogen) atoms. The van der Waals surface area contributed by atoms with Crippen LogP contribution in [0.2, 0.25) is 5.02 Å². The molecule has 0 saturated heterocycles. The van der Waals surface area contributed by atoms with Crippen molar-refractivity contribution in [2.75, 3.05) is 5.32 Å². The third-order valence-corrected chi connectivity index (χ3v) is 4.96. The zero-order valence-electron chi connectivity index (χ0n) is 17.0. The third-order valence-electron chi connectivity index (χ3n) is 4.71. The van der Waals surface area contributed by atoms with Crippen LogP contribution in [-0.4, -0.2) is 20.7 Å². The molecule has 0 saturated carbocycles. The van der Waals surface area contributed by atoms with E-state index in [0.29, 0.717) is 23.3 Å². The van der Waals surface area contributed by atoms with Crippen LogP contribution < -0.4 is 5.32 Å². The number of carbonyl (C=O) groups excluding carboxylic acids is 1. The number of nitrogens with zero attached hydrogens (tertiary/aromatic N) is 3. The van der Waals surface area contributed by atoms with Gasteiger partial charge in [-0.05, 0) is 36.3 Å². The molecule has 0 aliphatic heterocycles. The van der Waals surface area contributed by atoms with Crippen LogP contribution in [-0.2, 0) is 6.54 Å². The summed E-state index contributed by atoms with van der Waals surface area (Å²) >= 11 is 5.93. The highest BCUT2D eigenvalue weighted by Crippen LogP contribution is 2.19. The van der Waals surface area contributed by atoms with E-state index in [1.54, 1.807) is 18.2 Å². The lowest BCUT2D eigenvalue weighted by Gasteiger charge is -2.05. The SMILES string of the molecule is Cc1ccc(-c2nc(NCc3ccccc3)n(C(=O)C=Cc3ccc(Cl)cc3)n2)cc1. The number of benzene rings is 3. The third kappa shape index (κ3) is 5.27. The van der Waals surface area contributed by atoms with Gasteiger partial charge >= 0.3 is 0 Å². The molecule has 4 aromatic rings. The van der Waals surface area contributed by atoms with Crippen LogP contribution in [0.15, 0.2) is 84.9 Å². The van der Waals surface area contributed by atoms with E-state index >= 15 is 0 Å². The maximum absolute atomic E-state index is 12.9. The van der Waals surface area contributed by atoms with Gasteiger partial charge in [0.15, 0.2) is 5.82 Å². The lowest BCUT2D eigenvalue weighted by Crippen LogP contribution is -2.14. The van der Waals surface area contributed by atoms with Crippen molar-refractivity contribution in [1.82, 2.24) is 14.8 Å². The molecule has 6 heteroatoms.